The van der Waals surface area contributed by atoms with E-state index in [9.17, 15) is 0 Å². The average molecular weight is 162 g/mol. The van der Waals surface area contributed by atoms with E-state index in [1.54, 1.807) is 0 Å². The van der Waals surface area contributed by atoms with Crippen LogP contribution >= 0.6 is 23.4 Å². The molecule has 0 aliphatic carbocycles. The predicted octanol–water partition coefficient (Wildman–Crippen LogP) is 1.76. The summed E-state index contributed by atoms with van der Waals surface area (Å²) in [4.78, 5) is 0. The number of hydrogen-bond acceptors (Lipinski definition) is 0. The first-order chi connectivity index (χ1) is 0. The van der Waals surface area contributed by atoms with Gasteiger partial charge in [-0.25, -0.2) is 0 Å². The summed E-state index contributed by atoms with van der Waals surface area (Å²) >= 11 is 0. The first-order valence-electron chi connectivity index (χ1n) is 0. The molecule has 0 saturated heterocycles. The molecule has 0 bridgehead atoms. The van der Waals surface area contributed by atoms with E-state index < -0.39 is 0 Å². The maximum atomic E-state index is 0. The second kappa shape index (κ2) is 48.9. The third kappa shape index (κ3) is 29.7. The van der Waals surface area contributed by atoms with E-state index in [4.69, 9.17) is 0 Å². The molecule has 0 spiro atoms. The first kappa shape index (κ1) is 86.2. The molecule has 5 heavy (non-hydrogen) atoms. The largest absolute Gasteiger partial charge is 0.0776 e. The van der Waals surface area contributed by atoms with Crippen LogP contribution in [0.25, 0.3) is 0 Å². The molecular weight excluding hydrogens is 158 g/mol. The molecule has 30 valence electrons. The third-order valence-electron chi connectivity index (χ3n) is 0. The van der Waals surface area contributed by atoms with Crippen molar-refractivity contribution in [2.75, 3.05) is 0 Å². The van der Waals surface area contributed by atoms with Crippen molar-refractivity contribution in [1.82, 2.24) is 0 Å². The molecule has 0 atom stereocenters. The van der Waals surface area contributed by atoms with Gasteiger partial charge < -0.3 is 0 Å². The Morgan fingerprint density at radius 2 is 1.00 bits per heavy atom. The van der Waals surface area contributed by atoms with Crippen LogP contribution in [0.5, 0.6) is 0 Å². The van der Waals surface area contributed by atoms with Gasteiger partial charge in [-0.1, -0.05) is 7.43 Å². The Morgan fingerprint density at radius 3 is 1.00 bits per heavy atom. The second-order valence-electron chi connectivity index (χ2n) is 0. The third-order valence-corrected chi connectivity index (χ3v) is 0. The van der Waals surface area contributed by atoms with Crippen molar-refractivity contribution in [3.63, 3.8) is 0 Å². The molecule has 0 N–H and O–H groups in total. The Labute approximate surface area is 59.1 Å². The zero-order valence-corrected chi connectivity index (χ0v) is 5.62. The topological polar surface area (TPSA) is 0 Å². The van der Waals surface area contributed by atoms with Crippen molar-refractivity contribution >= 4 is 34.4 Å². The maximum Gasteiger partial charge on any atom is 0 e. The molecule has 0 saturated carbocycles. The SMILES string of the molecule is C.[Mn].[P].[S].[Si]. The fourth-order valence-electron chi connectivity index (χ4n) is 0. The van der Waals surface area contributed by atoms with Crippen LogP contribution < -0.4 is 0 Å². The Balaban J connectivity index is 0. The van der Waals surface area contributed by atoms with Crippen molar-refractivity contribution in [2.24, 2.45) is 0 Å². The van der Waals surface area contributed by atoms with Gasteiger partial charge in [-0.3, -0.25) is 0 Å². The molecule has 0 aromatic rings. The van der Waals surface area contributed by atoms with Crippen LogP contribution in [0.4, 0.5) is 0 Å². The fourth-order valence-corrected chi connectivity index (χ4v) is 0. The van der Waals surface area contributed by atoms with E-state index in [-0.39, 0.29) is 58.9 Å². The maximum absolute atomic E-state index is 0. The van der Waals surface area contributed by atoms with Crippen molar-refractivity contribution in [3.8, 4) is 0 Å². The van der Waals surface area contributed by atoms with Gasteiger partial charge in [-0.15, -0.1) is 0 Å². The van der Waals surface area contributed by atoms with Gasteiger partial charge in [0, 0.05) is 51.4 Å². The van der Waals surface area contributed by atoms with E-state index in [1.165, 1.54) is 0 Å². The number of hydrogen-bond donors (Lipinski definition) is 0. The van der Waals surface area contributed by atoms with Gasteiger partial charge in [0.15, 0.2) is 0 Å². The summed E-state index contributed by atoms with van der Waals surface area (Å²) in [5.74, 6) is 0. The summed E-state index contributed by atoms with van der Waals surface area (Å²) in [6.45, 7) is 0. The van der Waals surface area contributed by atoms with E-state index in [0.29, 0.717) is 0 Å². The van der Waals surface area contributed by atoms with Crippen molar-refractivity contribution in [1.29, 1.82) is 0 Å². The molecule has 0 amide bonds. The predicted molar refractivity (Wildman–Crippen MR) is 27.0 cm³/mol. The van der Waals surface area contributed by atoms with Crippen LogP contribution in [0.1, 0.15) is 7.43 Å². The summed E-state index contributed by atoms with van der Waals surface area (Å²) < 4.78 is 0. The molecule has 4 heteroatoms. The van der Waals surface area contributed by atoms with Gasteiger partial charge in [0.05, 0.1) is 0 Å². The van der Waals surface area contributed by atoms with Crippen molar-refractivity contribution < 1.29 is 17.1 Å². The van der Waals surface area contributed by atoms with Gasteiger partial charge in [0.25, 0.3) is 0 Å². The van der Waals surface area contributed by atoms with E-state index in [1.807, 2.05) is 0 Å². The zero-order chi connectivity index (χ0) is 0. The second-order valence-corrected chi connectivity index (χ2v) is 0. The summed E-state index contributed by atoms with van der Waals surface area (Å²) in [7, 11) is 0. The van der Waals surface area contributed by atoms with E-state index in [2.05, 4.69) is 0 Å². The molecule has 0 aromatic carbocycles. The summed E-state index contributed by atoms with van der Waals surface area (Å²) in [6.07, 6.45) is 0. The van der Waals surface area contributed by atoms with Gasteiger partial charge in [-0.05, 0) is 0 Å². The molecule has 0 unspecified atom stereocenters. The Morgan fingerprint density at radius 1 is 1.00 bits per heavy atom. The average Bonchev–Trinajstić information content (AvgIpc) is 0. The van der Waals surface area contributed by atoms with E-state index in [0.717, 1.165) is 0 Å². The van der Waals surface area contributed by atoms with Crippen molar-refractivity contribution in [2.45, 2.75) is 7.43 Å². The van der Waals surface area contributed by atoms with Crippen LogP contribution in [0, 0.1) is 0 Å². The van der Waals surface area contributed by atoms with Crippen LogP contribution in [-0.2, 0) is 17.1 Å². The molecule has 0 heterocycles. The van der Waals surface area contributed by atoms with Gasteiger partial charge in [-0.2, -0.15) is 0 Å². The molecule has 0 aromatic heterocycles. The minimum Gasteiger partial charge on any atom is -0.0776 e. The van der Waals surface area contributed by atoms with Gasteiger partial charge in [0.2, 0.25) is 0 Å². The van der Waals surface area contributed by atoms with Crippen LogP contribution in [0.3, 0.4) is 0 Å². The summed E-state index contributed by atoms with van der Waals surface area (Å²) in [6, 6.07) is 0. The molecule has 0 nitrogen and oxygen atoms in total. The fraction of sp³-hybridized carbons (Fsp3) is 1.00. The Hall–Kier alpha value is 1.52. The first-order valence-corrected chi connectivity index (χ1v) is 0. The molecule has 10 radical (unpaired) electrons. The molecule has 0 aliphatic rings. The van der Waals surface area contributed by atoms with Gasteiger partial charge in [0.1, 0.15) is 0 Å². The van der Waals surface area contributed by atoms with Gasteiger partial charge >= 0.3 is 0 Å². The molecular formula is CH4MnPSSi. The summed E-state index contributed by atoms with van der Waals surface area (Å²) in [5, 5.41) is 0. The number of rotatable bonds is 0. The van der Waals surface area contributed by atoms with Crippen LogP contribution in [0.15, 0.2) is 0 Å². The Bertz CT molecular complexity index is 11.6. The summed E-state index contributed by atoms with van der Waals surface area (Å²) in [5.41, 5.74) is 0. The van der Waals surface area contributed by atoms with Crippen molar-refractivity contribution in [3.05, 3.63) is 0 Å². The monoisotopic (exact) mass is 162 g/mol. The molecule has 0 aliphatic heterocycles. The minimum absolute atomic E-state index is 0. The zero-order valence-electron chi connectivity index (χ0n) is 1.73. The normalized spacial score (nSPS) is 0. The Kier molecular flexibility index (Phi) is 844. The quantitative estimate of drug-likeness (QED) is 0.376. The molecule has 0 rings (SSSR count). The molecule has 0 fully saturated rings. The van der Waals surface area contributed by atoms with E-state index >= 15 is 0 Å². The standard InChI is InChI=1S/CH4.Mn.P.S.Si/h1H4;;;;. The smallest absolute Gasteiger partial charge is 0 e. The van der Waals surface area contributed by atoms with Crippen LogP contribution in [-0.4, -0.2) is 11.0 Å². The van der Waals surface area contributed by atoms with Crippen LogP contribution in [0.2, 0.25) is 0 Å². The minimum atomic E-state index is 0.